The Bertz CT molecular complexity index is 591. The smallest absolute Gasteiger partial charge is 0.195 e. The third kappa shape index (κ3) is 5.90. The number of fused-ring (bicyclic) bond motifs is 1. The van der Waals surface area contributed by atoms with Gasteiger partial charge in [0.1, 0.15) is 0 Å². The molecular weight excluding hydrogens is 443 g/mol. The molecule has 0 spiro atoms. The van der Waals surface area contributed by atoms with E-state index in [9.17, 15) is 0 Å². The Morgan fingerprint density at radius 3 is 2.62 bits per heavy atom. The summed E-state index contributed by atoms with van der Waals surface area (Å²) in [6, 6.07) is 6.66. The predicted molar refractivity (Wildman–Crippen MR) is 117 cm³/mol. The quantitative estimate of drug-likeness (QED) is 0.390. The van der Waals surface area contributed by atoms with Crippen LogP contribution in [-0.2, 0) is 0 Å². The molecule has 7 heteroatoms. The fraction of sp³-hybridized carbons (Fsp3) is 0.632. The summed E-state index contributed by atoms with van der Waals surface area (Å²) in [6.07, 6.45) is 6.32. The number of hydrogen-bond donors (Lipinski definition) is 2. The van der Waals surface area contributed by atoms with Gasteiger partial charge in [-0.15, -0.1) is 24.0 Å². The summed E-state index contributed by atoms with van der Waals surface area (Å²) in [5.41, 5.74) is 0.946. The van der Waals surface area contributed by atoms with Crippen molar-refractivity contribution < 1.29 is 9.47 Å². The number of aliphatic imine (C=N–C) groups is 1. The van der Waals surface area contributed by atoms with E-state index in [1.54, 1.807) is 7.05 Å². The maximum absolute atomic E-state index is 5.74. The van der Waals surface area contributed by atoms with Crippen molar-refractivity contribution in [2.75, 3.05) is 45.7 Å². The first-order valence-corrected chi connectivity index (χ1v) is 9.34. The molecule has 0 radical (unpaired) electrons. The van der Waals surface area contributed by atoms with Gasteiger partial charge in [0, 0.05) is 44.4 Å². The lowest BCUT2D eigenvalue weighted by atomic mass is 10.2. The van der Waals surface area contributed by atoms with E-state index in [-0.39, 0.29) is 24.0 Å². The molecule has 3 rings (SSSR count). The Hall–Kier alpha value is -1.22. The lowest BCUT2D eigenvalue weighted by Gasteiger charge is -2.24. The van der Waals surface area contributed by atoms with E-state index in [1.165, 1.54) is 25.7 Å². The van der Waals surface area contributed by atoms with Crippen LogP contribution in [0.5, 0.6) is 11.5 Å². The van der Waals surface area contributed by atoms with Gasteiger partial charge >= 0.3 is 0 Å². The monoisotopic (exact) mass is 474 g/mol. The van der Waals surface area contributed by atoms with Crippen LogP contribution in [0, 0.1) is 0 Å². The van der Waals surface area contributed by atoms with Gasteiger partial charge in [0.15, 0.2) is 17.5 Å². The van der Waals surface area contributed by atoms with Crippen molar-refractivity contribution in [3.05, 3.63) is 18.2 Å². The average molecular weight is 474 g/mol. The highest BCUT2D eigenvalue weighted by Crippen LogP contribution is 2.32. The predicted octanol–water partition coefficient (Wildman–Crippen LogP) is 3.33. The zero-order valence-corrected chi connectivity index (χ0v) is 18.1. The standard InChI is InChI=1S/C19H30N4O2.HI/c1-20-19(21-10-11-23(2)16-6-3-4-7-16)22-15-8-9-17-18(14-15)25-13-5-12-24-17;/h8-9,14,16H,3-7,10-13H2,1-2H3,(H2,20,21,22);1H. The van der Waals surface area contributed by atoms with Crippen molar-refractivity contribution in [2.45, 2.75) is 38.1 Å². The molecule has 1 saturated carbocycles. The molecule has 6 nitrogen and oxygen atoms in total. The Morgan fingerprint density at radius 1 is 1.15 bits per heavy atom. The minimum atomic E-state index is 0. The lowest BCUT2D eigenvalue weighted by Crippen LogP contribution is -2.39. The van der Waals surface area contributed by atoms with Crippen LogP contribution in [0.4, 0.5) is 5.69 Å². The molecule has 1 aliphatic carbocycles. The molecule has 0 bridgehead atoms. The van der Waals surface area contributed by atoms with E-state index in [0.29, 0.717) is 13.2 Å². The van der Waals surface area contributed by atoms with Crippen LogP contribution >= 0.6 is 24.0 Å². The molecule has 26 heavy (non-hydrogen) atoms. The summed E-state index contributed by atoms with van der Waals surface area (Å²) in [7, 11) is 4.01. The molecule has 1 aromatic carbocycles. The first kappa shape index (κ1) is 21.1. The van der Waals surface area contributed by atoms with E-state index in [2.05, 4.69) is 27.6 Å². The van der Waals surface area contributed by atoms with Gasteiger partial charge in [0.05, 0.1) is 13.2 Å². The van der Waals surface area contributed by atoms with E-state index >= 15 is 0 Å². The molecule has 2 N–H and O–H groups in total. The highest BCUT2D eigenvalue weighted by atomic mass is 127. The molecule has 1 aliphatic heterocycles. The van der Waals surface area contributed by atoms with Crippen molar-refractivity contribution in [2.24, 2.45) is 4.99 Å². The number of nitrogens with one attached hydrogen (secondary N) is 2. The van der Waals surface area contributed by atoms with Crippen LogP contribution in [0.3, 0.4) is 0 Å². The Labute approximate surface area is 173 Å². The second-order valence-electron chi connectivity index (χ2n) is 6.75. The molecule has 0 atom stereocenters. The topological polar surface area (TPSA) is 58.1 Å². The first-order valence-electron chi connectivity index (χ1n) is 9.34. The minimum Gasteiger partial charge on any atom is -0.490 e. The first-order chi connectivity index (χ1) is 12.3. The van der Waals surface area contributed by atoms with Gasteiger partial charge < -0.3 is 25.0 Å². The van der Waals surface area contributed by atoms with Crippen LogP contribution in [0.15, 0.2) is 23.2 Å². The summed E-state index contributed by atoms with van der Waals surface area (Å²) in [4.78, 5) is 6.77. The summed E-state index contributed by atoms with van der Waals surface area (Å²) >= 11 is 0. The molecule has 0 saturated heterocycles. The minimum absolute atomic E-state index is 0. The maximum Gasteiger partial charge on any atom is 0.195 e. The lowest BCUT2D eigenvalue weighted by molar-refractivity contribution is 0.249. The zero-order chi connectivity index (χ0) is 17.5. The highest BCUT2D eigenvalue weighted by Gasteiger charge is 2.19. The number of nitrogens with zero attached hydrogens (tertiary/aromatic N) is 2. The Morgan fingerprint density at radius 2 is 1.88 bits per heavy atom. The van der Waals surface area contributed by atoms with E-state index in [1.807, 2.05) is 18.2 Å². The average Bonchev–Trinajstić information content (AvgIpc) is 3.07. The number of rotatable bonds is 5. The zero-order valence-electron chi connectivity index (χ0n) is 15.8. The fourth-order valence-corrected chi connectivity index (χ4v) is 3.44. The Balaban J connectivity index is 0.00000243. The number of likely N-dealkylation sites (N-methyl/N-ethyl adjacent to an activating group) is 1. The second kappa shape index (κ2) is 10.8. The molecule has 0 amide bonds. The van der Waals surface area contributed by atoms with Gasteiger partial charge in [-0.3, -0.25) is 4.99 Å². The highest BCUT2D eigenvalue weighted by molar-refractivity contribution is 14.0. The molecule has 1 fully saturated rings. The van der Waals surface area contributed by atoms with E-state index in [4.69, 9.17) is 9.47 Å². The summed E-state index contributed by atoms with van der Waals surface area (Å²) in [5, 5.41) is 6.72. The number of benzene rings is 1. The normalized spacial score (nSPS) is 17.6. The summed E-state index contributed by atoms with van der Waals surface area (Å²) < 4.78 is 11.4. The molecule has 1 aromatic rings. The van der Waals surface area contributed by atoms with Crippen molar-refractivity contribution in [1.82, 2.24) is 10.2 Å². The van der Waals surface area contributed by atoms with Crippen LogP contribution in [-0.4, -0.2) is 57.3 Å². The summed E-state index contributed by atoms with van der Waals surface area (Å²) in [5.74, 6) is 2.37. The van der Waals surface area contributed by atoms with Gasteiger partial charge in [0.2, 0.25) is 0 Å². The molecule has 146 valence electrons. The number of halogens is 1. The van der Waals surface area contributed by atoms with Gasteiger partial charge in [-0.25, -0.2) is 0 Å². The molecule has 1 heterocycles. The van der Waals surface area contributed by atoms with E-state index in [0.717, 1.165) is 48.7 Å². The van der Waals surface area contributed by atoms with E-state index < -0.39 is 0 Å². The second-order valence-corrected chi connectivity index (χ2v) is 6.75. The number of ether oxygens (including phenoxy) is 2. The van der Waals surface area contributed by atoms with Gasteiger partial charge in [-0.1, -0.05) is 12.8 Å². The SMILES string of the molecule is CN=C(NCCN(C)C1CCCC1)Nc1ccc2c(c1)OCCCO2.I. The summed E-state index contributed by atoms with van der Waals surface area (Å²) in [6.45, 7) is 3.29. The molecule has 0 aromatic heterocycles. The van der Waals surface area contributed by atoms with Crippen LogP contribution in [0.1, 0.15) is 32.1 Å². The number of guanidine groups is 1. The molecular formula is C19H31IN4O2. The third-order valence-corrected chi connectivity index (χ3v) is 4.94. The largest absolute Gasteiger partial charge is 0.490 e. The van der Waals surface area contributed by atoms with Crippen molar-refractivity contribution in [3.63, 3.8) is 0 Å². The van der Waals surface area contributed by atoms with Crippen molar-refractivity contribution in [1.29, 1.82) is 0 Å². The maximum atomic E-state index is 5.74. The molecule has 0 unspecified atom stereocenters. The number of hydrogen-bond acceptors (Lipinski definition) is 4. The van der Waals surface area contributed by atoms with Crippen LogP contribution in [0.25, 0.3) is 0 Å². The number of anilines is 1. The van der Waals surface area contributed by atoms with Crippen LogP contribution < -0.4 is 20.1 Å². The van der Waals surface area contributed by atoms with Crippen LogP contribution in [0.2, 0.25) is 0 Å². The van der Waals surface area contributed by atoms with Gasteiger partial charge in [-0.2, -0.15) is 0 Å². The fourth-order valence-electron chi connectivity index (χ4n) is 3.44. The van der Waals surface area contributed by atoms with Gasteiger partial charge in [0.25, 0.3) is 0 Å². The van der Waals surface area contributed by atoms with Gasteiger partial charge in [-0.05, 0) is 32.0 Å². The molecule has 2 aliphatic rings. The van der Waals surface area contributed by atoms with Crippen molar-refractivity contribution in [3.8, 4) is 11.5 Å². The van der Waals surface area contributed by atoms with Crippen molar-refractivity contribution >= 4 is 35.6 Å². The third-order valence-electron chi connectivity index (χ3n) is 4.94. The Kier molecular flexibility index (Phi) is 8.77.